The van der Waals surface area contributed by atoms with Gasteiger partial charge in [0.05, 0.1) is 9.85 Å². The van der Waals surface area contributed by atoms with Crippen LogP contribution in [0.2, 0.25) is 0 Å². The van der Waals surface area contributed by atoms with Crippen LogP contribution in [0.5, 0.6) is 5.75 Å². The number of benzene rings is 1. The maximum Gasteiger partial charge on any atom is 0.322 e. The fourth-order valence-electron chi connectivity index (χ4n) is 1.01. The zero-order valence-corrected chi connectivity index (χ0v) is 7.78. The lowest BCUT2D eigenvalue weighted by Gasteiger charge is -2.08. The van der Waals surface area contributed by atoms with Gasteiger partial charge in [-0.25, -0.2) is 0 Å². The Morgan fingerprint density at radius 1 is 1.71 bits per heavy atom. The third-order valence-electron chi connectivity index (χ3n) is 1.75. The molecular formula is C10H13NO3. The van der Waals surface area contributed by atoms with Gasteiger partial charge in [-0.3, -0.25) is 4.79 Å². The highest BCUT2D eigenvalue weighted by atomic mass is 16.5. The molecule has 0 radical (unpaired) electrons. The molecule has 0 bridgehead atoms. The summed E-state index contributed by atoms with van der Waals surface area (Å²) in [5, 5.41) is 9.22. The van der Waals surface area contributed by atoms with E-state index in [1.54, 1.807) is 0 Å². The zero-order chi connectivity index (χ0) is 12.3. The lowest BCUT2D eigenvalue weighted by atomic mass is 10.1. The average Bonchev–Trinajstić information content (AvgIpc) is 2.24. The number of aromatic hydroxyl groups is 1. The van der Waals surface area contributed by atoms with Crippen molar-refractivity contribution >= 4 is 5.97 Å². The number of phenolic OH excluding ortho intramolecular Hbond substituents is 1. The smallest absolute Gasteiger partial charge is 0.322 e. The Hall–Kier alpha value is -1.55. The molecule has 0 spiro atoms. The van der Waals surface area contributed by atoms with Crippen LogP contribution in [0.3, 0.4) is 0 Å². The number of nitrogens with two attached hydrogens (primary N) is 1. The van der Waals surface area contributed by atoms with E-state index in [1.807, 2.05) is 0 Å². The maximum absolute atomic E-state index is 11.1. The second-order valence-electron chi connectivity index (χ2n) is 2.83. The van der Waals surface area contributed by atoms with Crippen molar-refractivity contribution in [2.45, 2.75) is 12.5 Å². The molecule has 76 valence electrons. The molecule has 0 aliphatic carbocycles. The third-order valence-corrected chi connectivity index (χ3v) is 1.75. The number of rotatable bonds is 3. The lowest BCUT2D eigenvalue weighted by Crippen LogP contribution is -2.33. The van der Waals surface area contributed by atoms with Gasteiger partial charge in [0, 0.05) is 0 Å². The summed E-state index contributed by atoms with van der Waals surface area (Å²) < 4.78 is 19.2. The van der Waals surface area contributed by atoms with E-state index in [2.05, 4.69) is 4.74 Å². The van der Waals surface area contributed by atoms with Gasteiger partial charge in [-0.05, 0) is 24.1 Å². The second kappa shape index (κ2) is 4.62. The van der Waals surface area contributed by atoms with E-state index in [-0.39, 0.29) is 24.3 Å². The summed E-state index contributed by atoms with van der Waals surface area (Å²) in [7, 11) is 1.24. The number of esters is 1. The van der Waals surface area contributed by atoms with Crippen molar-refractivity contribution in [3.05, 3.63) is 29.8 Å². The zero-order valence-electron chi connectivity index (χ0n) is 9.78. The van der Waals surface area contributed by atoms with Gasteiger partial charge in [0.25, 0.3) is 0 Å². The van der Waals surface area contributed by atoms with Gasteiger partial charge in [-0.1, -0.05) is 12.1 Å². The molecule has 0 aliphatic rings. The first-order chi connectivity index (χ1) is 7.45. The highest BCUT2D eigenvalue weighted by Gasteiger charge is 2.13. The highest BCUT2D eigenvalue weighted by molar-refractivity contribution is 5.75. The molecule has 0 aliphatic heterocycles. The summed E-state index contributed by atoms with van der Waals surface area (Å²) in [5.74, 6) is -0.929. The monoisotopic (exact) mass is 197 g/mol. The second-order valence-corrected chi connectivity index (χ2v) is 2.83. The van der Waals surface area contributed by atoms with Gasteiger partial charge in [-0.2, -0.15) is 0 Å². The first-order valence-corrected chi connectivity index (χ1v) is 4.08. The van der Waals surface area contributed by atoms with E-state index < -0.39 is 12.0 Å². The predicted molar refractivity (Wildman–Crippen MR) is 51.8 cm³/mol. The van der Waals surface area contributed by atoms with Crippen LogP contribution >= 0.6 is 0 Å². The fraction of sp³-hybridized carbons (Fsp3) is 0.300. The maximum atomic E-state index is 11.1. The summed E-state index contributed by atoms with van der Waals surface area (Å²) in [6.45, 7) is 0. The molecule has 1 aromatic rings. The van der Waals surface area contributed by atoms with Gasteiger partial charge in [-0.15, -0.1) is 0 Å². The van der Waals surface area contributed by atoms with Crippen molar-refractivity contribution in [2.75, 3.05) is 7.11 Å². The number of phenols is 1. The van der Waals surface area contributed by atoms with Crippen LogP contribution in [-0.2, 0) is 16.0 Å². The molecule has 4 heteroatoms. The van der Waals surface area contributed by atoms with Crippen LogP contribution in [-0.4, -0.2) is 24.2 Å². The van der Waals surface area contributed by atoms with E-state index in [9.17, 15) is 9.90 Å². The molecule has 0 saturated carbocycles. The molecule has 1 aromatic carbocycles. The molecule has 1 atom stereocenters. The Morgan fingerprint density at radius 3 is 2.79 bits per heavy atom. The predicted octanol–water partition coefficient (Wildman–Crippen LogP) is 0.435. The largest absolute Gasteiger partial charge is 0.508 e. The van der Waals surface area contributed by atoms with Crippen molar-refractivity contribution in [2.24, 2.45) is 5.73 Å². The lowest BCUT2D eigenvalue weighted by molar-refractivity contribution is -0.142. The molecule has 0 fully saturated rings. The molecule has 14 heavy (non-hydrogen) atoms. The molecule has 0 heterocycles. The molecule has 0 amide bonds. The summed E-state index contributed by atoms with van der Waals surface area (Å²) in [6, 6.07) is 1.61. The van der Waals surface area contributed by atoms with Crippen molar-refractivity contribution in [1.29, 1.82) is 0 Å². The topological polar surface area (TPSA) is 72.6 Å². The van der Waals surface area contributed by atoms with Gasteiger partial charge >= 0.3 is 5.97 Å². The molecule has 0 aromatic heterocycles. The van der Waals surface area contributed by atoms with E-state index in [1.165, 1.54) is 19.2 Å². The Labute approximate surface area is 85.1 Å². The Morgan fingerprint density at radius 2 is 2.29 bits per heavy atom. The quantitative estimate of drug-likeness (QED) is 0.689. The minimum absolute atomic E-state index is 0.153. The van der Waals surface area contributed by atoms with Crippen molar-refractivity contribution in [1.82, 2.24) is 0 Å². The number of hydrogen-bond acceptors (Lipinski definition) is 4. The van der Waals surface area contributed by atoms with Crippen LogP contribution in [0, 0.1) is 0 Å². The summed E-state index contributed by atoms with van der Waals surface area (Å²) in [5.41, 5.74) is 6.09. The molecular weight excluding hydrogens is 182 g/mol. The molecule has 3 N–H and O–H groups in total. The molecule has 1 rings (SSSR count). The van der Waals surface area contributed by atoms with Crippen LogP contribution < -0.4 is 5.73 Å². The molecule has 4 nitrogen and oxygen atoms in total. The number of carbonyl (C=O) groups excluding carboxylic acids is 1. The number of hydrogen-bond donors (Lipinski definition) is 2. The van der Waals surface area contributed by atoms with E-state index in [4.69, 9.17) is 8.48 Å². The number of methoxy groups -OCH3 is 1. The fourth-order valence-corrected chi connectivity index (χ4v) is 1.01. The van der Waals surface area contributed by atoms with Crippen LogP contribution in [0.25, 0.3) is 0 Å². The van der Waals surface area contributed by atoms with Crippen LogP contribution in [0.4, 0.5) is 0 Å². The van der Waals surface area contributed by atoms with Crippen LogP contribution in [0.1, 0.15) is 8.30 Å². The summed E-state index contributed by atoms with van der Waals surface area (Å²) >= 11 is 0. The number of ether oxygens (including phenoxy) is 1. The van der Waals surface area contributed by atoms with Gasteiger partial charge in [0.15, 0.2) is 0 Å². The molecule has 0 unspecified atom stereocenters. The Balaban J connectivity index is 2.86. The summed E-state index contributed by atoms with van der Waals surface area (Å²) in [4.78, 5) is 11.1. The normalized spacial score (nSPS) is 14.1. The van der Waals surface area contributed by atoms with Crippen molar-refractivity contribution < 1.29 is 17.4 Å². The van der Waals surface area contributed by atoms with Crippen LogP contribution in [0.15, 0.2) is 24.2 Å². The third kappa shape index (κ3) is 2.74. The average molecular weight is 197 g/mol. The van der Waals surface area contributed by atoms with Crippen molar-refractivity contribution in [3.8, 4) is 5.75 Å². The van der Waals surface area contributed by atoms with Gasteiger partial charge in [0.1, 0.15) is 11.8 Å². The van der Waals surface area contributed by atoms with Gasteiger partial charge < -0.3 is 15.6 Å². The first kappa shape index (κ1) is 7.82. The Bertz CT molecular complexity index is 386. The van der Waals surface area contributed by atoms with E-state index in [0.29, 0.717) is 5.56 Å². The van der Waals surface area contributed by atoms with E-state index in [0.717, 1.165) is 0 Å². The summed E-state index contributed by atoms with van der Waals surface area (Å²) in [6.07, 6.45) is 0.171. The standard InChI is InChI=1S/C10H13NO3/c1-14-10(13)9(11)6-7-2-4-8(12)5-3-7/h2-5,9,12H,6,11H2,1H3/t9-/m0/s1/i4D,5D. The van der Waals surface area contributed by atoms with Gasteiger partial charge in [0.2, 0.25) is 0 Å². The minimum Gasteiger partial charge on any atom is -0.508 e. The Kier molecular flexibility index (Phi) is 2.58. The number of carbonyl (C=O) groups is 1. The van der Waals surface area contributed by atoms with Crippen molar-refractivity contribution in [3.63, 3.8) is 0 Å². The SMILES string of the molecule is [2H]c1cc(C[C@H](N)C(=O)OC)cc([2H])c1O. The highest BCUT2D eigenvalue weighted by Crippen LogP contribution is 2.10. The minimum atomic E-state index is -0.826. The molecule has 0 saturated heterocycles. The first-order valence-electron chi connectivity index (χ1n) is 5.08. The van der Waals surface area contributed by atoms with E-state index >= 15 is 0 Å².